The van der Waals surface area contributed by atoms with E-state index in [-0.39, 0.29) is 22.8 Å². The van der Waals surface area contributed by atoms with Crippen molar-refractivity contribution >= 4 is 58.0 Å². The normalized spacial score (nSPS) is 17.4. The molecular weight excluding hydrogens is 465 g/mol. The van der Waals surface area contributed by atoms with Gasteiger partial charge in [-0.2, -0.15) is 0 Å². The molecule has 2 aliphatic heterocycles. The van der Waals surface area contributed by atoms with E-state index in [0.717, 1.165) is 49.1 Å². The number of nitrogens with one attached hydrogen (secondary N) is 2. The molecule has 0 saturated carbocycles. The molecule has 7 nitrogen and oxygen atoms in total. The van der Waals surface area contributed by atoms with Crippen LogP contribution in [0, 0.1) is 12.7 Å². The van der Waals surface area contributed by atoms with Crippen LogP contribution in [0.5, 0.6) is 0 Å². The molecule has 0 unspecified atom stereocenters. The van der Waals surface area contributed by atoms with Crippen LogP contribution in [0.15, 0.2) is 41.6 Å². The molecule has 2 fully saturated rings. The fourth-order valence-corrected chi connectivity index (χ4v) is 4.78. The Morgan fingerprint density at radius 1 is 1.12 bits per heavy atom. The number of piperazine rings is 1. The summed E-state index contributed by atoms with van der Waals surface area (Å²) in [7, 11) is 0. The van der Waals surface area contributed by atoms with E-state index < -0.39 is 17.0 Å². The molecule has 10 heteroatoms. The molecule has 2 aromatic carbocycles. The summed E-state index contributed by atoms with van der Waals surface area (Å²) in [5, 5.41) is 5.67. The molecule has 0 radical (unpaired) electrons. The highest BCUT2D eigenvalue weighted by Gasteiger charge is 2.25. The molecule has 0 atom stereocenters. The number of benzene rings is 2. The van der Waals surface area contributed by atoms with Crippen molar-refractivity contribution < 1.29 is 14.0 Å². The third-order valence-corrected chi connectivity index (χ3v) is 6.39. The first-order valence-electron chi connectivity index (χ1n) is 10.3. The molecule has 3 aromatic rings. The van der Waals surface area contributed by atoms with E-state index in [2.05, 4.69) is 44.6 Å². The maximum absolute atomic E-state index is 14.9. The van der Waals surface area contributed by atoms with Gasteiger partial charge >= 0.3 is 0 Å². The number of hydrogen-bond acceptors (Lipinski definition) is 7. The van der Waals surface area contributed by atoms with Gasteiger partial charge in [0, 0.05) is 42.8 Å². The van der Waals surface area contributed by atoms with Crippen molar-refractivity contribution in [3.8, 4) is 11.3 Å². The predicted octanol–water partition coefficient (Wildman–Crippen LogP) is 3.90. The minimum Gasteiger partial charge on any atom is -0.369 e. The van der Waals surface area contributed by atoms with E-state index >= 15 is 0 Å². The Labute approximate surface area is 200 Å². The molecular formula is C23H21ClFN5O2S. The first-order valence-corrected chi connectivity index (χ1v) is 11.1. The number of amides is 2. The number of halogens is 2. The Balaban J connectivity index is 0.00000259. The second kappa shape index (κ2) is 9.46. The summed E-state index contributed by atoms with van der Waals surface area (Å²) in [6.45, 7) is 5.88. The smallest absolute Gasteiger partial charge is 0.290 e. The summed E-state index contributed by atoms with van der Waals surface area (Å²) in [5.74, 6) is -0.994. The number of imide groups is 1. The minimum absolute atomic E-state index is 0. The van der Waals surface area contributed by atoms with Gasteiger partial charge in [0.25, 0.3) is 11.1 Å². The standard InChI is InChI=1S/C23H20FN5O2S.ClH/c1-13-8-15(2-3-18(13)29-6-4-25-5-7-29)20-16-9-14(10-17(24)21(16)27-12-26-20)11-19-22(30)28-23(31)32-19;/h2-3,8-12,25H,4-7H2,1H3,(H,28,30,31);1H. The molecule has 2 N–H and O–H groups in total. The summed E-state index contributed by atoms with van der Waals surface area (Å²) < 4.78 is 14.9. The Morgan fingerprint density at radius 3 is 2.61 bits per heavy atom. The lowest BCUT2D eigenvalue weighted by Gasteiger charge is -2.30. The van der Waals surface area contributed by atoms with Gasteiger partial charge in [0.05, 0.1) is 10.6 Å². The van der Waals surface area contributed by atoms with Gasteiger partial charge in [0.1, 0.15) is 17.7 Å². The average molecular weight is 486 g/mol. The lowest BCUT2D eigenvalue weighted by Crippen LogP contribution is -2.43. The summed E-state index contributed by atoms with van der Waals surface area (Å²) in [4.78, 5) is 34.5. The third-order valence-electron chi connectivity index (χ3n) is 5.58. The zero-order chi connectivity index (χ0) is 22.2. The van der Waals surface area contributed by atoms with Crippen molar-refractivity contribution in [2.45, 2.75) is 6.92 Å². The summed E-state index contributed by atoms with van der Waals surface area (Å²) in [5.41, 5.74) is 4.45. The molecule has 2 aliphatic rings. The topological polar surface area (TPSA) is 87.2 Å². The van der Waals surface area contributed by atoms with Gasteiger partial charge in [-0.1, -0.05) is 6.07 Å². The Hall–Kier alpha value is -3.01. The van der Waals surface area contributed by atoms with Crippen LogP contribution in [-0.2, 0) is 4.79 Å². The van der Waals surface area contributed by atoms with Crippen molar-refractivity contribution in [2.24, 2.45) is 0 Å². The molecule has 33 heavy (non-hydrogen) atoms. The fourth-order valence-electron chi connectivity index (χ4n) is 4.09. The highest BCUT2D eigenvalue weighted by Crippen LogP contribution is 2.33. The number of aromatic nitrogens is 2. The molecule has 170 valence electrons. The number of rotatable bonds is 3. The Bertz CT molecular complexity index is 1290. The van der Waals surface area contributed by atoms with Crippen molar-refractivity contribution in [2.75, 3.05) is 31.1 Å². The second-order valence-electron chi connectivity index (χ2n) is 7.71. The van der Waals surface area contributed by atoms with Crippen LogP contribution in [0.25, 0.3) is 28.2 Å². The van der Waals surface area contributed by atoms with Crippen LogP contribution in [0.4, 0.5) is 14.9 Å². The molecule has 1 aromatic heterocycles. The molecule has 2 amide bonds. The number of hydrogen-bond donors (Lipinski definition) is 2. The number of fused-ring (bicyclic) bond motifs is 1. The maximum Gasteiger partial charge on any atom is 0.290 e. The van der Waals surface area contributed by atoms with Gasteiger partial charge in [0.15, 0.2) is 0 Å². The van der Waals surface area contributed by atoms with Crippen LogP contribution in [-0.4, -0.2) is 47.3 Å². The third kappa shape index (κ3) is 4.57. The van der Waals surface area contributed by atoms with E-state index in [4.69, 9.17) is 0 Å². The zero-order valence-electron chi connectivity index (χ0n) is 17.7. The van der Waals surface area contributed by atoms with Crippen LogP contribution in [0.1, 0.15) is 11.1 Å². The molecule has 0 spiro atoms. The maximum atomic E-state index is 14.9. The minimum atomic E-state index is -0.512. The van der Waals surface area contributed by atoms with Crippen LogP contribution in [0.2, 0.25) is 0 Å². The lowest BCUT2D eigenvalue weighted by atomic mass is 10.0. The van der Waals surface area contributed by atoms with Gasteiger partial charge in [0.2, 0.25) is 0 Å². The molecule has 3 heterocycles. The number of nitrogens with zero attached hydrogens (tertiary/aromatic N) is 3. The average Bonchev–Trinajstić information content (AvgIpc) is 3.10. The van der Waals surface area contributed by atoms with Gasteiger partial charge < -0.3 is 10.2 Å². The number of anilines is 1. The van der Waals surface area contributed by atoms with Crippen LogP contribution < -0.4 is 15.5 Å². The van der Waals surface area contributed by atoms with E-state index in [1.807, 2.05) is 6.07 Å². The molecule has 2 saturated heterocycles. The number of carbonyl (C=O) groups excluding carboxylic acids is 2. The van der Waals surface area contributed by atoms with Gasteiger partial charge in [-0.05, 0) is 60.2 Å². The van der Waals surface area contributed by atoms with Gasteiger partial charge in [-0.15, -0.1) is 12.4 Å². The van der Waals surface area contributed by atoms with Gasteiger partial charge in [-0.25, -0.2) is 14.4 Å². The number of aryl methyl sites for hydroxylation is 1. The van der Waals surface area contributed by atoms with Crippen molar-refractivity contribution in [1.82, 2.24) is 20.6 Å². The number of carbonyl (C=O) groups is 2. The second-order valence-corrected chi connectivity index (χ2v) is 8.73. The zero-order valence-corrected chi connectivity index (χ0v) is 19.4. The summed E-state index contributed by atoms with van der Waals surface area (Å²) in [6.07, 6.45) is 2.86. The van der Waals surface area contributed by atoms with Crippen LogP contribution >= 0.6 is 24.2 Å². The molecule has 0 bridgehead atoms. The summed E-state index contributed by atoms with van der Waals surface area (Å²) >= 11 is 0.796. The van der Waals surface area contributed by atoms with Crippen molar-refractivity contribution in [3.05, 3.63) is 58.5 Å². The fraction of sp³-hybridized carbons (Fsp3) is 0.217. The molecule has 5 rings (SSSR count). The van der Waals surface area contributed by atoms with Gasteiger partial charge in [-0.3, -0.25) is 14.9 Å². The largest absolute Gasteiger partial charge is 0.369 e. The van der Waals surface area contributed by atoms with Crippen molar-refractivity contribution in [1.29, 1.82) is 0 Å². The first-order chi connectivity index (χ1) is 15.5. The Morgan fingerprint density at radius 2 is 1.91 bits per heavy atom. The summed E-state index contributed by atoms with van der Waals surface area (Å²) in [6, 6.07) is 9.19. The quantitative estimate of drug-likeness (QED) is 0.544. The monoisotopic (exact) mass is 485 g/mol. The molecule has 0 aliphatic carbocycles. The predicted molar refractivity (Wildman–Crippen MR) is 131 cm³/mol. The van der Waals surface area contributed by atoms with E-state index in [1.54, 1.807) is 6.07 Å². The van der Waals surface area contributed by atoms with Crippen molar-refractivity contribution in [3.63, 3.8) is 0 Å². The van der Waals surface area contributed by atoms with E-state index in [9.17, 15) is 14.0 Å². The van der Waals surface area contributed by atoms with Crippen LogP contribution in [0.3, 0.4) is 0 Å². The highest BCUT2D eigenvalue weighted by atomic mass is 35.5. The Kier molecular flexibility index (Phi) is 6.64. The van der Waals surface area contributed by atoms with E-state index in [0.29, 0.717) is 16.6 Å². The lowest BCUT2D eigenvalue weighted by molar-refractivity contribution is -0.115. The SMILES string of the molecule is Cc1cc(-c2ncnc3c(F)cc(C=C4SC(=O)NC4=O)cc23)ccc1N1CCNCC1.Cl. The first kappa shape index (κ1) is 23.2. The van der Waals surface area contributed by atoms with E-state index in [1.165, 1.54) is 24.2 Å². The number of thioether (sulfide) groups is 1. The highest BCUT2D eigenvalue weighted by molar-refractivity contribution is 8.18.